The van der Waals surface area contributed by atoms with Crippen LogP contribution >= 0.6 is 23.4 Å². The number of thioether (sulfide) groups is 1. The van der Waals surface area contributed by atoms with Crippen molar-refractivity contribution in [1.82, 2.24) is 0 Å². The van der Waals surface area contributed by atoms with Gasteiger partial charge in [-0.05, 0) is 61.5 Å². The molecule has 174 valence electrons. The number of sulfonamides is 1. The van der Waals surface area contributed by atoms with E-state index in [0.717, 1.165) is 17.0 Å². The van der Waals surface area contributed by atoms with Crippen LogP contribution in [0.4, 0.5) is 24.5 Å². The molecule has 0 bridgehead atoms. The first-order chi connectivity index (χ1) is 15.5. The predicted octanol–water partition coefficient (Wildman–Crippen LogP) is 6.28. The highest BCUT2D eigenvalue weighted by atomic mass is 35.5. The largest absolute Gasteiger partial charge is 0.416 e. The third-order valence-electron chi connectivity index (χ3n) is 4.38. The summed E-state index contributed by atoms with van der Waals surface area (Å²) in [6, 6.07) is 16.3. The molecule has 3 rings (SSSR count). The Morgan fingerprint density at radius 2 is 1.64 bits per heavy atom. The fraction of sp³-hybridized carbons (Fsp3) is 0.136. The standard InChI is InChI=1S/C22H18ClF3N2O3S2/c1-14(32-20-8-3-2-7-19(20)23)21(29)27-16-9-11-18(12-10-16)33(30,31)28-17-6-4-5-15(13-17)22(24,25)26/h2-14,28H,1H3,(H,27,29)/t14-/m1/s1. The van der Waals surface area contributed by atoms with Crippen LogP contribution in [0.2, 0.25) is 5.02 Å². The zero-order valence-electron chi connectivity index (χ0n) is 17.1. The van der Waals surface area contributed by atoms with E-state index in [0.29, 0.717) is 16.8 Å². The fourth-order valence-electron chi connectivity index (χ4n) is 2.72. The molecule has 0 aliphatic carbocycles. The summed E-state index contributed by atoms with van der Waals surface area (Å²) in [5.74, 6) is -0.308. The molecule has 3 aromatic carbocycles. The molecule has 1 atom stereocenters. The first-order valence-electron chi connectivity index (χ1n) is 9.48. The minimum atomic E-state index is -4.59. The van der Waals surface area contributed by atoms with E-state index in [1.807, 2.05) is 6.07 Å². The predicted molar refractivity (Wildman–Crippen MR) is 124 cm³/mol. The summed E-state index contributed by atoms with van der Waals surface area (Å²) in [5.41, 5.74) is -0.818. The maximum Gasteiger partial charge on any atom is 0.416 e. The molecule has 33 heavy (non-hydrogen) atoms. The van der Waals surface area contributed by atoms with Crippen LogP contribution in [-0.4, -0.2) is 19.6 Å². The van der Waals surface area contributed by atoms with Gasteiger partial charge in [0.05, 0.1) is 20.7 Å². The molecule has 0 spiro atoms. The Morgan fingerprint density at radius 1 is 0.970 bits per heavy atom. The van der Waals surface area contributed by atoms with Crippen LogP contribution in [0.1, 0.15) is 12.5 Å². The molecule has 0 radical (unpaired) electrons. The van der Waals surface area contributed by atoms with Crippen molar-refractivity contribution in [2.45, 2.75) is 28.1 Å². The van der Waals surface area contributed by atoms with E-state index in [9.17, 15) is 26.4 Å². The molecule has 1 amide bonds. The molecule has 3 aromatic rings. The smallest absolute Gasteiger partial charge is 0.325 e. The number of benzene rings is 3. The molecule has 0 aliphatic rings. The highest BCUT2D eigenvalue weighted by molar-refractivity contribution is 8.00. The average Bonchev–Trinajstić information content (AvgIpc) is 2.75. The Bertz CT molecular complexity index is 1250. The summed E-state index contributed by atoms with van der Waals surface area (Å²) in [6.07, 6.45) is -4.59. The normalized spacial score (nSPS) is 12.8. The molecule has 0 aliphatic heterocycles. The third-order valence-corrected chi connectivity index (χ3v) is 7.40. The number of carbonyl (C=O) groups excluding carboxylic acids is 1. The summed E-state index contributed by atoms with van der Waals surface area (Å²) < 4.78 is 65.8. The first kappa shape index (κ1) is 24.9. The van der Waals surface area contributed by atoms with Gasteiger partial charge in [0.1, 0.15) is 0 Å². The number of rotatable bonds is 7. The van der Waals surface area contributed by atoms with Crippen molar-refractivity contribution in [1.29, 1.82) is 0 Å². The van der Waals surface area contributed by atoms with E-state index in [-0.39, 0.29) is 16.5 Å². The van der Waals surface area contributed by atoms with Crippen LogP contribution in [0.5, 0.6) is 0 Å². The summed E-state index contributed by atoms with van der Waals surface area (Å²) in [6.45, 7) is 1.71. The summed E-state index contributed by atoms with van der Waals surface area (Å²) in [4.78, 5) is 13.1. The Kier molecular flexibility index (Phi) is 7.61. The summed E-state index contributed by atoms with van der Waals surface area (Å²) in [5, 5.41) is 2.75. The quantitative estimate of drug-likeness (QED) is 0.364. The number of amides is 1. The van der Waals surface area contributed by atoms with Crippen molar-refractivity contribution in [2.75, 3.05) is 10.0 Å². The second kappa shape index (κ2) is 10.1. The highest BCUT2D eigenvalue weighted by Gasteiger charge is 2.30. The van der Waals surface area contributed by atoms with Crippen LogP contribution in [0.3, 0.4) is 0 Å². The Morgan fingerprint density at radius 3 is 2.27 bits per heavy atom. The van der Waals surface area contributed by atoms with Crippen LogP contribution in [-0.2, 0) is 21.0 Å². The van der Waals surface area contributed by atoms with E-state index in [1.54, 1.807) is 25.1 Å². The monoisotopic (exact) mass is 514 g/mol. The van der Waals surface area contributed by atoms with E-state index in [1.165, 1.54) is 42.1 Å². The molecule has 5 nitrogen and oxygen atoms in total. The van der Waals surface area contributed by atoms with Gasteiger partial charge in [0.2, 0.25) is 5.91 Å². The zero-order chi connectivity index (χ0) is 24.2. The maximum absolute atomic E-state index is 12.9. The van der Waals surface area contributed by atoms with E-state index >= 15 is 0 Å². The Hall–Kier alpha value is -2.69. The van der Waals surface area contributed by atoms with E-state index in [2.05, 4.69) is 10.0 Å². The van der Waals surface area contributed by atoms with Crippen molar-refractivity contribution in [3.05, 3.63) is 83.4 Å². The fourth-order valence-corrected chi connectivity index (χ4v) is 4.92. The average molecular weight is 515 g/mol. The first-order valence-corrected chi connectivity index (χ1v) is 12.2. The van der Waals surface area contributed by atoms with Crippen LogP contribution in [0.15, 0.2) is 82.6 Å². The zero-order valence-corrected chi connectivity index (χ0v) is 19.4. The second-order valence-electron chi connectivity index (χ2n) is 6.89. The lowest BCUT2D eigenvalue weighted by molar-refractivity contribution is -0.137. The molecule has 0 unspecified atom stereocenters. The maximum atomic E-state index is 12.9. The van der Waals surface area contributed by atoms with Gasteiger partial charge in [-0.2, -0.15) is 13.2 Å². The lowest BCUT2D eigenvalue weighted by Gasteiger charge is -2.14. The molecule has 0 saturated carbocycles. The molecule has 2 N–H and O–H groups in total. The lowest BCUT2D eigenvalue weighted by Crippen LogP contribution is -2.22. The SMILES string of the molecule is C[C@@H](Sc1ccccc1Cl)C(=O)Nc1ccc(S(=O)(=O)Nc2cccc(C(F)(F)F)c2)cc1. The minimum absolute atomic E-state index is 0.170. The molecular formula is C22H18ClF3N2O3S2. The minimum Gasteiger partial charge on any atom is -0.325 e. The summed E-state index contributed by atoms with van der Waals surface area (Å²) >= 11 is 7.39. The number of halogens is 4. The van der Waals surface area contributed by atoms with Gasteiger partial charge < -0.3 is 5.32 Å². The van der Waals surface area contributed by atoms with Gasteiger partial charge in [-0.3, -0.25) is 9.52 Å². The van der Waals surface area contributed by atoms with E-state index < -0.39 is 27.0 Å². The van der Waals surface area contributed by atoms with Gasteiger partial charge in [-0.15, -0.1) is 11.8 Å². The van der Waals surface area contributed by atoms with Gasteiger partial charge in [-0.25, -0.2) is 8.42 Å². The number of hydrogen-bond acceptors (Lipinski definition) is 4. The molecule has 11 heteroatoms. The topological polar surface area (TPSA) is 75.3 Å². The number of nitrogens with one attached hydrogen (secondary N) is 2. The van der Waals surface area contributed by atoms with Gasteiger partial charge in [-0.1, -0.05) is 29.8 Å². The Labute approximate surface area is 198 Å². The van der Waals surface area contributed by atoms with Crippen molar-refractivity contribution in [2.24, 2.45) is 0 Å². The van der Waals surface area contributed by atoms with E-state index in [4.69, 9.17) is 11.6 Å². The van der Waals surface area contributed by atoms with Gasteiger partial charge >= 0.3 is 6.18 Å². The van der Waals surface area contributed by atoms with Gasteiger partial charge in [0.25, 0.3) is 10.0 Å². The van der Waals surface area contributed by atoms with Crippen LogP contribution < -0.4 is 10.0 Å². The van der Waals surface area contributed by atoms with Crippen molar-refractivity contribution in [3.63, 3.8) is 0 Å². The van der Waals surface area contributed by atoms with Crippen molar-refractivity contribution < 1.29 is 26.4 Å². The van der Waals surface area contributed by atoms with Gasteiger partial charge in [0, 0.05) is 16.3 Å². The molecule has 0 heterocycles. The number of anilines is 2. The molecular weight excluding hydrogens is 497 g/mol. The highest BCUT2D eigenvalue weighted by Crippen LogP contribution is 2.32. The Balaban J connectivity index is 1.66. The third kappa shape index (κ3) is 6.66. The van der Waals surface area contributed by atoms with Crippen LogP contribution in [0.25, 0.3) is 0 Å². The van der Waals surface area contributed by atoms with Crippen LogP contribution in [0, 0.1) is 0 Å². The second-order valence-corrected chi connectivity index (χ2v) is 10.4. The lowest BCUT2D eigenvalue weighted by atomic mass is 10.2. The van der Waals surface area contributed by atoms with Crippen molar-refractivity contribution >= 4 is 50.7 Å². The number of carbonyl (C=O) groups is 1. The molecule has 0 aromatic heterocycles. The van der Waals surface area contributed by atoms with Crippen molar-refractivity contribution in [3.8, 4) is 0 Å². The van der Waals surface area contributed by atoms with Gasteiger partial charge in [0.15, 0.2) is 0 Å². The number of hydrogen-bond donors (Lipinski definition) is 2. The summed E-state index contributed by atoms with van der Waals surface area (Å²) in [7, 11) is -4.13. The number of alkyl halides is 3. The molecule has 0 saturated heterocycles. The molecule has 0 fully saturated rings.